The molecule has 4 heterocycles. The molecule has 3 aromatic rings. The standard InChI is InChI=1S/C26H31FN6O5/c1-17-6-11-22(38-17)25-29-31-33(30-25)16-23(34)32(15-21-5-3-13-37-21)24(18-7-9-19(27)10-8-18)26(35)28-14-20-4-2-12-36-20/h6-11,20-21,24H,2-5,12-16H2,1H3,(H,28,35)/t20-,21+,24+/m0/s1. The van der Waals surface area contributed by atoms with Crippen LogP contribution in [-0.2, 0) is 25.6 Å². The van der Waals surface area contributed by atoms with Gasteiger partial charge in [-0.15, -0.1) is 10.2 Å². The molecular formula is C26H31FN6O5. The first-order valence-corrected chi connectivity index (χ1v) is 12.9. The molecule has 5 rings (SSSR count). The number of amides is 2. The molecule has 0 bridgehead atoms. The van der Waals surface area contributed by atoms with Crippen molar-refractivity contribution in [3.63, 3.8) is 0 Å². The molecule has 2 aliphatic rings. The molecule has 0 unspecified atom stereocenters. The maximum atomic E-state index is 13.8. The number of nitrogens with zero attached hydrogens (tertiary/aromatic N) is 5. The summed E-state index contributed by atoms with van der Waals surface area (Å²) in [4.78, 5) is 30.0. The molecule has 1 N–H and O–H groups in total. The molecule has 0 spiro atoms. The minimum atomic E-state index is -1.01. The van der Waals surface area contributed by atoms with E-state index in [9.17, 15) is 14.0 Å². The third-order valence-corrected chi connectivity index (χ3v) is 6.71. The molecule has 1 aromatic carbocycles. The van der Waals surface area contributed by atoms with Gasteiger partial charge in [-0.25, -0.2) is 4.39 Å². The highest BCUT2D eigenvalue weighted by Gasteiger charge is 2.35. The number of aromatic nitrogens is 4. The monoisotopic (exact) mass is 526 g/mol. The Morgan fingerprint density at radius 2 is 1.84 bits per heavy atom. The SMILES string of the molecule is Cc1ccc(-c2nnn(CC(=O)N(C[C@H]3CCCO3)[C@@H](C(=O)NC[C@@H]3CCCO3)c3ccc(F)cc3)n2)o1. The van der Waals surface area contributed by atoms with E-state index >= 15 is 0 Å². The fraction of sp³-hybridized carbons (Fsp3) is 0.500. The Bertz CT molecular complexity index is 1230. The van der Waals surface area contributed by atoms with Gasteiger partial charge >= 0.3 is 0 Å². The van der Waals surface area contributed by atoms with E-state index in [1.165, 1.54) is 34.0 Å². The van der Waals surface area contributed by atoms with Crippen LogP contribution in [0, 0.1) is 12.7 Å². The van der Waals surface area contributed by atoms with Gasteiger partial charge in [0.2, 0.25) is 17.6 Å². The molecule has 2 aliphatic heterocycles. The number of carbonyl (C=O) groups excluding carboxylic acids is 2. The van der Waals surface area contributed by atoms with Crippen LogP contribution in [0.2, 0.25) is 0 Å². The van der Waals surface area contributed by atoms with Crippen LogP contribution in [0.25, 0.3) is 11.6 Å². The fourth-order valence-electron chi connectivity index (χ4n) is 4.77. The zero-order valence-corrected chi connectivity index (χ0v) is 21.2. The van der Waals surface area contributed by atoms with Crippen LogP contribution >= 0.6 is 0 Å². The quantitative estimate of drug-likeness (QED) is 0.427. The number of furan rings is 1. The van der Waals surface area contributed by atoms with Crippen molar-refractivity contribution in [1.29, 1.82) is 0 Å². The molecule has 202 valence electrons. The maximum Gasteiger partial charge on any atom is 0.247 e. The Morgan fingerprint density at radius 3 is 2.50 bits per heavy atom. The number of carbonyl (C=O) groups is 2. The third-order valence-electron chi connectivity index (χ3n) is 6.71. The van der Waals surface area contributed by atoms with Gasteiger partial charge in [0, 0.05) is 26.3 Å². The van der Waals surface area contributed by atoms with Gasteiger partial charge in [-0.2, -0.15) is 4.80 Å². The molecule has 0 saturated carbocycles. The predicted molar refractivity (Wildman–Crippen MR) is 132 cm³/mol. The number of tetrazole rings is 1. The first kappa shape index (κ1) is 26.0. The highest BCUT2D eigenvalue weighted by molar-refractivity contribution is 5.88. The average Bonchev–Trinajstić information content (AvgIpc) is 3.72. The first-order valence-electron chi connectivity index (χ1n) is 12.9. The minimum absolute atomic E-state index is 0.0712. The summed E-state index contributed by atoms with van der Waals surface area (Å²) in [6, 6.07) is 8.10. The zero-order chi connectivity index (χ0) is 26.5. The summed E-state index contributed by atoms with van der Waals surface area (Å²) in [6.45, 7) is 3.32. The van der Waals surface area contributed by atoms with Crippen LogP contribution in [-0.4, -0.2) is 75.4 Å². The summed E-state index contributed by atoms with van der Waals surface area (Å²) in [7, 11) is 0. The molecule has 11 nitrogen and oxygen atoms in total. The lowest BCUT2D eigenvalue weighted by Gasteiger charge is -2.33. The zero-order valence-electron chi connectivity index (χ0n) is 21.2. The van der Waals surface area contributed by atoms with Crippen LogP contribution in [0.1, 0.15) is 43.0 Å². The molecule has 38 heavy (non-hydrogen) atoms. The van der Waals surface area contributed by atoms with Crippen molar-refractivity contribution in [1.82, 2.24) is 30.4 Å². The summed E-state index contributed by atoms with van der Waals surface area (Å²) >= 11 is 0. The largest absolute Gasteiger partial charge is 0.458 e. The molecule has 0 radical (unpaired) electrons. The summed E-state index contributed by atoms with van der Waals surface area (Å²) in [5.74, 6) is 0.178. The summed E-state index contributed by atoms with van der Waals surface area (Å²) in [6.07, 6.45) is 3.14. The van der Waals surface area contributed by atoms with Gasteiger partial charge in [0.1, 0.15) is 24.2 Å². The molecule has 0 aliphatic carbocycles. The molecular weight excluding hydrogens is 495 g/mol. The number of hydrogen-bond acceptors (Lipinski definition) is 8. The van der Waals surface area contributed by atoms with Gasteiger partial charge in [0.25, 0.3) is 0 Å². The van der Waals surface area contributed by atoms with E-state index in [1.54, 1.807) is 19.1 Å². The van der Waals surface area contributed by atoms with Crippen LogP contribution in [0.3, 0.4) is 0 Å². The van der Waals surface area contributed by atoms with Crippen molar-refractivity contribution in [2.24, 2.45) is 0 Å². The molecule has 2 saturated heterocycles. The predicted octanol–water partition coefficient (Wildman–Crippen LogP) is 2.42. The van der Waals surface area contributed by atoms with Crippen molar-refractivity contribution < 1.29 is 27.9 Å². The number of aryl methyl sites for hydroxylation is 1. The van der Waals surface area contributed by atoms with Crippen LogP contribution in [0.15, 0.2) is 40.8 Å². The van der Waals surface area contributed by atoms with E-state index in [1.807, 2.05) is 0 Å². The number of halogens is 1. The lowest BCUT2D eigenvalue weighted by Crippen LogP contribution is -2.48. The number of benzene rings is 1. The van der Waals surface area contributed by atoms with Crippen LogP contribution < -0.4 is 5.32 Å². The van der Waals surface area contributed by atoms with Crippen molar-refractivity contribution in [2.45, 2.75) is 57.4 Å². The van der Waals surface area contributed by atoms with E-state index in [0.29, 0.717) is 36.8 Å². The Balaban J connectivity index is 1.40. The Hall–Kier alpha value is -3.64. The second kappa shape index (κ2) is 11.8. The number of ether oxygens (including phenoxy) is 2. The van der Waals surface area contributed by atoms with Gasteiger partial charge in [-0.05, 0) is 67.6 Å². The van der Waals surface area contributed by atoms with Crippen LogP contribution in [0.4, 0.5) is 4.39 Å². The Labute approximate surface area is 219 Å². The smallest absolute Gasteiger partial charge is 0.247 e. The second-order valence-corrected chi connectivity index (χ2v) is 9.57. The maximum absolute atomic E-state index is 13.8. The van der Waals surface area contributed by atoms with E-state index < -0.39 is 17.8 Å². The minimum Gasteiger partial charge on any atom is -0.458 e. The van der Waals surface area contributed by atoms with Crippen molar-refractivity contribution >= 4 is 11.8 Å². The lowest BCUT2D eigenvalue weighted by molar-refractivity contribution is -0.143. The number of hydrogen-bond donors (Lipinski definition) is 1. The normalized spacial score (nSPS) is 19.9. The summed E-state index contributed by atoms with van der Waals surface area (Å²) < 4.78 is 30.8. The van der Waals surface area contributed by atoms with E-state index in [2.05, 4.69) is 20.7 Å². The Morgan fingerprint density at radius 1 is 1.11 bits per heavy atom. The van der Waals surface area contributed by atoms with E-state index in [-0.39, 0.29) is 37.0 Å². The molecule has 3 atom stereocenters. The fourth-order valence-corrected chi connectivity index (χ4v) is 4.77. The Kier molecular flexibility index (Phi) is 8.08. The van der Waals surface area contributed by atoms with Gasteiger partial charge < -0.3 is 24.1 Å². The second-order valence-electron chi connectivity index (χ2n) is 9.57. The van der Waals surface area contributed by atoms with Gasteiger partial charge in [-0.3, -0.25) is 9.59 Å². The van der Waals surface area contributed by atoms with Crippen molar-refractivity contribution in [3.8, 4) is 11.6 Å². The number of rotatable bonds is 10. The van der Waals surface area contributed by atoms with Gasteiger partial charge in [0.15, 0.2) is 5.76 Å². The first-order chi connectivity index (χ1) is 18.5. The van der Waals surface area contributed by atoms with E-state index in [0.717, 1.165) is 25.7 Å². The molecule has 2 aromatic heterocycles. The van der Waals surface area contributed by atoms with Crippen LogP contribution in [0.5, 0.6) is 0 Å². The number of nitrogens with one attached hydrogen (secondary N) is 1. The van der Waals surface area contributed by atoms with Crippen molar-refractivity contribution in [2.75, 3.05) is 26.3 Å². The molecule has 2 amide bonds. The van der Waals surface area contributed by atoms with E-state index in [4.69, 9.17) is 13.9 Å². The highest BCUT2D eigenvalue weighted by Crippen LogP contribution is 2.26. The van der Waals surface area contributed by atoms with Crippen molar-refractivity contribution in [3.05, 3.63) is 53.5 Å². The molecule has 12 heteroatoms. The van der Waals surface area contributed by atoms with Gasteiger partial charge in [0.05, 0.1) is 12.2 Å². The van der Waals surface area contributed by atoms with Gasteiger partial charge in [-0.1, -0.05) is 12.1 Å². The average molecular weight is 527 g/mol. The summed E-state index contributed by atoms with van der Waals surface area (Å²) in [5, 5.41) is 15.2. The molecule has 2 fully saturated rings. The summed E-state index contributed by atoms with van der Waals surface area (Å²) in [5.41, 5.74) is 0.487. The highest BCUT2D eigenvalue weighted by atomic mass is 19.1. The third kappa shape index (κ3) is 6.25. The topological polar surface area (TPSA) is 125 Å². The lowest BCUT2D eigenvalue weighted by atomic mass is 10.0.